The Balaban J connectivity index is 1.74. The average molecular weight is 297 g/mol. The molecular weight excluding hydrogens is 266 g/mol. The van der Waals surface area contributed by atoms with Gasteiger partial charge in [-0.15, -0.1) is 0 Å². The molecule has 2 rings (SSSR count). The largest absolute Gasteiger partial charge is 0.396 e. The standard InChI is InChI=1S/C17H31NO3/c1-3-17(13-19)8-10-18(11-9-17)16(20)12-21-15-7-5-4-6-14(15)2/h14-15,19H,3-13H2,1-2H3. The lowest BCUT2D eigenvalue weighted by Gasteiger charge is -2.40. The summed E-state index contributed by atoms with van der Waals surface area (Å²) in [5.74, 6) is 0.699. The summed E-state index contributed by atoms with van der Waals surface area (Å²) in [4.78, 5) is 14.2. The average Bonchev–Trinajstić information content (AvgIpc) is 2.54. The van der Waals surface area contributed by atoms with Gasteiger partial charge in [0, 0.05) is 19.7 Å². The summed E-state index contributed by atoms with van der Waals surface area (Å²) in [5, 5.41) is 9.54. The molecule has 2 aliphatic rings. The summed E-state index contributed by atoms with van der Waals surface area (Å²) < 4.78 is 5.87. The van der Waals surface area contributed by atoms with Gasteiger partial charge in [-0.25, -0.2) is 0 Å². The van der Waals surface area contributed by atoms with Crippen molar-refractivity contribution in [2.24, 2.45) is 11.3 Å². The van der Waals surface area contributed by atoms with E-state index in [9.17, 15) is 9.90 Å². The Hall–Kier alpha value is -0.610. The van der Waals surface area contributed by atoms with Crippen molar-refractivity contribution in [3.63, 3.8) is 0 Å². The third kappa shape index (κ3) is 4.19. The van der Waals surface area contributed by atoms with Crippen LogP contribution in [0, 0.1) is 11.3 Å². The van der Waals surface area contributed by atoms with Crippen molar-refractivity contribution < 1.29 is 14.6 Å². The molecule has 1 amide bonds. The van der Waals surface area contributed by atoms with E-state index in [1.807, 2.05) is 4.90 Å². The zero-order valence-corrected chi connectivity index (χ0v) is 13.6. The molecule has 0 radical (unpaired) electrons. The summed E-state index contributed by atoms with van der Waals surface area (Å²) in [7, 11) is 0. The molecule has 1 aliphatic heterocycles. The van der Waals surface area contributed by atoms with Gasteiger partial charge in [-0.1, -0.05) is 26.7 Å². The number of hydrogen-bond donors (Lipinski definition) is 1. The monoisotopic (exact) mass is 297 g/mol. The van der Waals surface area contributed by atoms with Crippen LogP contribution in [0.3, 0.4) is 0 Å². The first-order valence-electron chi connectivity index (χ1n) is 8.60. The van der Waals surface area contributed by atoms with E-state index in [4.69, 9.17) is 4.74 Å². The SMILES string of the molecule is CCC1(CO)CCN(C(=O)COC2CCCCC2C)CC1. The number of rotatable bonds is 5. The molecule has 0 bridgehead atoms. The molecule has 4 nitrogen and oxygen atoms in total. The molecule has 0 spiro atoms. The molecule has 2 atom stereocenters. The smallest absolute Gasteiger partial charge is 0.248 e. The number of likely N-dealkylation sites (tertiary alicyclic amines) is 1. The minimum Gasteiger partial charge on any atom is -0.396 e. The number of ether oxygens (including phenoxy) is 1. The van der Waals surface area contributed by atoms with Crippen molar-refractivity contribution in [1.29, 1.82) is 0 Å². The van der Waals surface area contributed by atoms with Crippen molar-refractivity contribution in [2.75, 3.05) is 26.3 Å². The summed E-state index contributed by atoms with van der Waals surface area (Å²) in [6.07, 6.45) is 7.90. The number of aliphatic hydroxyl groups excluding tert-OH is 1. The van der Waals surface area contributed by atoms with Crippen molar-refractivity contribution in [1.82, 2.24) is 4.90 Å². The Labute approximate surface area is 128 Å². The lowest BCUT2D eigenvalue weighted by atomic mass is 9.77. The van der Waals surface area contributed by atoms with Gasteiger partial charge in [0.1, 0.15) is 6.61 Å². The molecule has 1 saturated carbocycles. The predicted molar refractivity (Wildman–Crippen MR) is 83.0 cm³/mol. The van der Waals surface area contributed by atoms with Crippen LogP contribution in [0.5, 0.6) is 0 Å². The van der Waals surface area contributed by atoms with E-state index in [-0.39, 0.29) is 30.6 Å². The zero-order valence-electron chi connectivity index (χ0n) is 13.6. The lowest BCUT2D eigenvalue weighted by Crippen LogP contribution is -2.46. The van der Waals surface area contributed by atoms with Crippen molar-refractivity contribution in [3.05, 3.63) is 0 Å². The quantitative estimate of drug-likeness (QED) is 0.848. The molecular formula is C17H31NO3. The minimum absolute atomic E-state index is 0.0372. The van der Waals surface area contributed by atoms with Gasteiger partial charge in [0.25, 0.3) is 0 Å². The van der Waals surface area contributed by atoms with Crippen LogP contribution in [-0.2, 0) is 9.53 Å². The van der Waals surface area contributed by atoms with Gasteiger partial charge in [-0.2, -0.15) is 0 Å². The van der Waals surface area contributed by atoms with Gasteiger partial charge < -0.3 is 14.7 Å². The molecule has 4 heteroatoms. The van der Waals surface area contributed by atoms with E-state index in [1.54, 1.807) is 0 Å². The predicted octanol–water partition coefficient (Wildman–Crippen LogP) is 2.59. The number of nitrogens with zero attached hydrogens (tertiary/aromatic N) is 1. The van der Waals surface area contributed by atoms with Crippen LogP contribution < -0.4 is 0 Å². The van der Waals surface area contributed by atoms with Crippen LogP contribution in [-0.4, -0.2) is 48.3 Å². The molecule has 2 fully saturated rings. The summed E-state index contributed by atoms with van der Waals surface area (Å²) in [5.41, 5.74) is 0.0372. The number of aliphatic hydroxyl groups is 1. The Morgan fingerprint density at radius 3 is 2.52 bits per heavy atom. The second-order valence-corrected chi connectivity index (χ2v) is 7.00. The summed E-state index contributed by atoms with van der Waals surface area (Å²) in [6.45, 7) is 6.34. The fraction of sp³-hybridized carbons (Fsp3) is 0.941. The van der Waals surface area contributed by atoms with Gasteiger partial charge in [-0.05, 0) is 43.4 Å². The fourth-order valence-corrected chi connectivity index (χ4v) is 3.65. The van der Waals surface area contributed by atoms with E-state index < -0.39 is 0 Å². The first-order valence-corrected chi connectivity index (χ1v) is 8.60. The second kappa shape index (κ2) is 7.59. The number of piperidine rings is 1. The molecule has 122 valence electrons. The number of hydrogen-bond acceptors (Lipinski definition) is 3. The van der Waals surface area contributed by atoms with Crippen LogP contribution in [0.2, 0.25) is 0 Å². The van der Waals surface area contributed by atoms with E-state index in [0.717, 1.165) is 38.8 Å². The van der Waals surface area contributed by atoms with Crippen molar-refractivity contribution in [2.45, 2.75) is 64.9 Å². The van der Waals surface area contributed by atoms with E-state index in [0.29, 0.717) is 5.92 Å². The normalized spacial score (nSPS) is 29.4. The number of amides is 1. The molecule has 0 aromatic heterocycles. The molecule has 1 N–H and O–H groups in total. The maximum Gasteiger partial charge on any atom is 0.248 e. The van der Waals surface area contributed by atoms with Crippen LogP contribution in [0.25, 0.3) is 0 Å². The van der Waals surface area contributed by atoms with E-state index >= 15 is 0 Å². The molecule has 1 aliphatic carbocycles. The molecule has 2 unspecified atom stereocenters. The maximum atomic E-state index is 12.3. The van der Waals surface area contributed by atoms with E-state index in [2.05, 4.69) is 13.8 Å². The van der Waals surface area contributed by atoms with Crippen molar-refractivity contribution >= 4 is 5.91 Å². The van der Waals surface area contributed by atoms with Crippen LogP contribution >= 0.6 is 0 Å². The first-order chi connectivity index (χ1) is 10.1. The van der Waals surface area contributed by atoms with Crippen LogP contribution in [0.1, 0.15) is 58.8 Å². The highest BCUT2D eigenvalue weighted by molar-refractivity contribution is 5.77. The molecule has 1 heterocycles. The van der Waals surface area contributed by atoms with Gasteiger partial charge >= 0.3 is 0 Å². The highest BCUT2D eigenvalue weighted by atomic mass is 16.5. The fourth-order valence-electron chi connectivity index (χ4n) is 3.65. The van der Waals surface area contributed by atoms with Crippen LogP contribution in [0.15, 0.2) is 0 Å². The summed E-state index contributed by atoms with van der Waals surface area (Å²) >= 11 is 0. The Kier molecular flexibility index (Phi) is 6.06. The first kappa shape index (κ1) is 16.8. The molecule has 0 aromatic carbocycles. The van der Waals surface area contributed by atoms with Gasteiger partial charge in [0.05, 0.1) is 6.10 Å². The Morgan fingerprint density at radius 1 is 1.29 bits per heavy atom. The molecule has 1 saturated heterocycles. The van der Waals surface area contributed by atoms with Gasteiger partial charge in [0.15, 0.2) is 0 Å². The minimum atomic E-state index is 0.0372. The maximum absolute atomic E-state index is 12.3. The molecule has 21 heavy (non-hydrogen) atoms. The van der Waals surface area contributed by atoms with Crippen LogP contribution in [0.4, 0.5) is 0 Å². The molecule has 0 aromatic rings. The van der Waals surface area contributed by atoms with Gasteiger partial charge in [-0.3, -0.25) is 4.79 Å². The van der Waals surface area contributed by atoms with Gasteiger partial charge in [0.2, 0.25) is 5.91 Å². The number of carbonyl (C=O) groups excluding carboxylic acids is 1. The topological polar surface area (TPSA) is 49.8 Å². The lowest BCUT2D eigenvalue weighted by molar-refractivity contribution is -0.143. The summed E-state index contributed by atoms with van der Waals surface area (Å²) in [6, 6.07) is 0. The Morgan fingerprint density at radius 2 is 1.95 bits per heavy atom. The zero-order chi connectivity index (χ0) is 15.3. The second-order valence-electron chi connectivity index (χ2n) is 7.00. The third-order valence-corrected chi connectivity index (χ3v) is 5.72. The highest BCUT2D eigenvalue weighted by Gasteiger charge is 2.34. The third-order valence-electron chi connectivity index (χ3n) is 5.72. The van der Waals surface area contributed by atoms with Crippen molar-refractivity contribution in [3.8, 4) is 0 Å². The Bertz CT molecular complexity index is 331. The van der Waals surface area contributed by atoms with E-state index in [1.165, 1.54) is 19.3 Å². The highest BCUT2D eigenvalue weighted by Crippen LogP contribution is 2.34. The number of carbonyl (C=O) groups is 1.